The molecule has 0 bridgehead atoms. The Hall–Kier alpha value is -2.40. The molecule has 1 N–H and O–H groups in total. The normalized spacial score (nSPS) is 15.8. The second-order valence-corrected chi connectivity index (χ2v) is 6.05. The number of carbonyl (C=O) groups is 2. The van der Waals surface area contributed by atoms with Crippen molar-refractivity contribution in [2.45, 2.75) is 20.3 Å². The molecule has 2 rings (SSSR count). The molecular weight excluding hydrogens is 314 g/mol. The van der Waals surface area contributed by atoms with Crippen molar-refractivity contribution >= 4 is 17.5 Å². The number of piperazine rings is 1. The molecule has 0 unspecified atom stereocenters. The molecule has 1 aromatic rings. The summed E-state index contributed by atoms with van der Waals surface area (Å²) in [7, 11) is 0. The first-order valence-corrected chi connectivity index (χ1v) is 8.82. The number of amides is 2. The van der Waals surface area contributed by atoms with Gasteiger partial charge in [-0.05, 0) is 25.0 Å². The number of para-hydroxylation sites is 1. The van der Waals surface area contributed by atoms with Crippen molar-refractivity contribution in [2.24, 2.45) is 0 Å². The number of rotatable bonds is 6. The Labute approximate surface area is 150 Å². The zero-order chi connectivity index (χ0) is 18.1. The highest BCUT2D eigenvalue weighted by Gasteiger charge is 2.21. The SMILES string of the molecule is C/C=C/C=C/C(=O)N1CCN(CC(=O)Nc2ccccc2CC)CC1. The predicted molar refractivity (Wildman–Crippen MR) is 101 cm³/mol. The van der Waals surface area contributed by atoms with Crippen molar-refractivity contribution in [1.29, 1.82) is 0 Å². The number of hydrogen-bond acceptors (Lipinski definition) is 3. The van der Waals surface area contributed by atoms with Crippen LogP contribution in [0.2, 0.25) is 0 Å². The monoisotopic (exact) mass is 341 g/mol. The highest BCUT2D eigenvalue weighted by Crippen LogP contribution is 2.15. The molecule has 0 radical (unpaired) electrons. The van der Waals surface area contributed by atoms with Crippen molar-refractivity contribution in [3.63, 3.8) is 0 Å². The summed E-state index contributed by atoms with van der Waals surface area (Å²) >= 11 is 0. The number of allylic oxidation sites excluding steroid dienone is 3. The molecule has 1 fully saturated rings. The Balaban J connectivity index is 1.79. The Kier molecular flexibility index (Phi) is 7.41. The van der Waals surface area contributed by atoms with Crippen molar-refractivity contribution in [3.8, 4) is 0 Å². The second-order valence-electron chi connectivity index (χ2n) is 6.05. The minimum Gasteiger partial charge on any atom is -0.337 e. The van der Waals surface area contributed by atoms with E-state index in [-0.39, 0.29) is 11.8 Å². The number of hydrogen-bond donors (Lipinski definition) is 1. The van der Waals surface area contributed by atoms with Crippen LogP contribution in [0.25, 0.3) is 0 Å². The number of nitrogens with one attached hydrogen (secondary N) is 1. The number of carbonyl (C=O) groups excluding carboxylic acids is 2. The van der Waals surface area contributed by atoms with Crippen LogP contribution in [0.3, 0.4) is 0 Å². The predicted octanol–water partition coefficient (Wildman–Crippen LogP) is 2.46. The summed E-state index contributed by atoms with van der Waals surface area (Å²) in [6.07, 6.45) is 7.96. The van der Waals surface area contributed by atoms with E-state index in [0.29, 0.717) is 32.7 Å². The zero-order valence-electron chi connectivity index (χ0n) is 15.1. The van der Waals surface area contributed by atoms with Gasteiger partial charge in [-0.3, -0.25) is 14.5 Å². The minimum atomic E-state index is -0.00587. The summed E-state index contributed by atoms with van der Waals surface area (Å²) in [6.45, 7) is 7.08. The maximum Gasteiger partial charge on any atom is 0.246 e. The lowest BCUT2D eigenvalue weighted by Gasteiger charge is -2.33. The van der Waals surface area contributed by atoms with E-state index in [1.165, 1.54) is 0 Å². The van der Waals surface area contributed by atoms with Crippen LogP contribution >= 0.6 is 0 Å². The average Bonchev–Trinajstić information content (AvgIpc) is 2.63. The molecule has 5 heteroatoms. The van der Waals surface area contributed by atoms with E-state index >= 15 is 0 Å². The van der Waals surface area contributed by atoms with Gasteiger partial charge in [0.25, 0.3) is 0 Å². The van der Waals surface area contributed by atoms with E-state index in [1.54, 1.807) is 12.2 Å². The first kappa shape index (κ1) is 18.9. The summed E-state index contributed by atoms with van der Waals surface area (Å²) in [5, 5.41) is 3.00. The molecule has 0 saturated carbocycles. The van der Waals surface area contributed by atoms with Gasteiger partial charge in [0.2, 0.25) is 11.8 Å². The van der Waals surface area contributed by atoms with E-state index in [2.05, 4.69) is 17.1 Å². The van der Waals surface area contributed by atoms with Crippen LogP contribution in [0.4, 0.5) is 5.69 Å². The smallest absolute Gasteiger partial charge is 0.246 e. The molecule has 1 heterocycles. The fourth-order valence-corrected chi connectivity index (χ4v) is 2.82. The second kappa shape index (κ2) is 9.79. The highest BCUT2D eigenvalue weighted by atomic mass is 16.2. The van der Waals surface area contributed by atoms with Crippen LogP contribution in [0.1, 0.15) is 19.4 Å². The number of aryl methyl sites for hydroxylation is 1. The van der Waals surface area contributed by atoms with E-state index in [0.717, 1.165) is 17.7 Å². The molecule has 0 atom stereocenters. The molecule has 5 nitrogen and oxygen atoms in total. The third kappa shape index (κ3) is 5.87. The van der Waals surface area contributed by atoms with E-state index in [9.17, 15) is 9.59 Å². The molecule has 0 aliphatic carbocycles. The Morgan fingerprint density at radius 3 is 2.52 bits per heavy atom. The summed E-state index contributed by atoms with van der Waals surface area (Å²) in [5.74, 6) is 0.0210. The summed E-state index contributed by atoms with van der Waals surface area (Å²) < 4.78 is 0. The van der Waals surface area contributed by atoms with Crippen LogP contribution in [0, 0.1) is 0 Å². The number of anilines is 1. The zero-order valence-corrected chi connectivity index (χ0v) is 15.1. The minimum absolute atomic E-state index is 0.00587. The molecular formula is C20H27N3O2. The van der Waals surface area contributed by atoms with Crippen LogP contribution in [-0.4, -0.2) is 54.3 Å². The lowest BCUT2D eigenvalue weighted by molar-refractivity contribution is -0.128. The molecule has 0 aromatic heterocycles. The fraction of sp³-hybridized carbons (Fsp3) is 0.400. The van der Waals surface area contributed by atoms with Gasteiger partial charge >= 0.3 is 0 Å². The van der Waals surface area contributed by atoms with E-state index < -0.39 is 0 Å². The maximum absolute atomic E-state index is 12.3. The van der Waals surface area contributed by atoms with Crippen LogP contribution in [0.15, 0.2) is 48.6 Å². The van der Waals surface area contributed by atoms with Crippen molar-refractivity contribution in [1.82, 2.24) is 9.80 Å². The quantitative estimate of drug-likeness (QED) is 0.639. The Morgan fingerprint density at radius 2 is 1.84 bits per heavy atom. The van der Waals surface area contributed by atoms with E-state index in [4.69, 9.17) is 0 Å². The van der Waals surface area contributed by atoms with Gasteiger partial charge in [-0.25, -0.2) is 0 Å². The third-order valence-corrected chi connectivity index (χ3v) is 4.27. The molecule has 1 aromatic carbocycles. The van der Waals surface area contributed by atoms with Gasteiger partial charge in [0.1, 0.15) is 0 Å². The van der Waals surface area contributed by atoms with E-state index in [1.807, 2.05) is 48.2 Å². The summed E-state index contributed by atoms with van der Waals surface area (Å²) in [4.78, 5) is 28.2. The van der Waals surface area contributed by atoms with Gasteiger partial charge in [-0.15, -0.1) is 0 Å². The van der Waals surface area contributed by atoms with Gasteiger partial charge in [-0.1, -0.05) is 43.4 Å². The molecule has 25 heavy (non-hydrogen) atoms. The van der Waals surface area contributed by atoms with Gasteiger partial charge < -0.3 is 10.2 Å². The third-order valence-electron chi connectivity index (χ3n) is 4.27. The van der Waals surface area contributed by atoms with Crippen LogP contribution in [-0.2, 0) is 16.0 Å². The first-order valence-electron chi connectivity index (χ1n) is 8.82. The van der Waals surface area contributed by atoms with Crippen molar-refractivity contribution in [2.75, 3.05) is 38.0 Å². The molecule has 1 aliphatic heterocycles. The molecule has 2 amide bonds. The van der Waals surface area contributed by atoms with Crippen LogP contribution in [0.5, 0.6) is 0 Å². The standard InChI is InChI=1S/C20H27N3O2/c1-3-5-6-11-20(25)23-14-12-22(13-15-23)16-19(24)21-18-10-8-7-9-17(18)4-2/h3,5-11H,4,12-16H2,1-2H3,(H,21,24)/b5-3+,11-6+. The van der Waals surface area contributed by atoms with Crippen LogP contribution < -0.4 is 5.32 Å². The highest BCUT2D eigenvalue weighted by molar-refractivity contribution is 5.93. The number of nitrogens with zero attached hydrogens (tertiary/aromatic N) is 2. The topological polar surface area (TPSA) is 52.7 Å². The summed E-state index contributed by atoms with van der Waals surface area (Å²) in [6, 6.07) is 7.88. The molecule has 1 saturated heterocycles. The molecule has 0 spiro atoms. The average molecular weight is 341 g/mol. The van der Waals surface area contributed by atoms with Crippen molar-refractivity contribution in [3.05, 3.63) is 54.1 Å². The maximum atomic E-state index is 12.3. The van der Waals surface area contributed by atoms with Gasteiger partial charge in [-0.2, -0.15) is 0 Å². The number of benzene rings is 1. The van der Waals surface area contributed by atoms with Gasteiger partial charge in [0.15, 0.2) is 0 Å². The van der Waals surface area contributed by atoms with Gasteiger partial charge in [0.05, 0.1) is 6.54 Å². The lowest BCUT2D eigenvalue weighted by atomic mass is 10.1. The summed E-state index contributed by atoms with van der Waals surface area (Å²) in [5.41, 5.74) is 2.03. The van der Waals surface area contributed by atoms with Crippen molar-refractivity contribution < 1.29 is 9.59 Å². The van der Waals surface area contributed by atoms with Gasteiger partial charge in [0, 0.05) is 37.9 Å². The lowest BCUT2D eigenvalue weighted by Crippen LogP contribution is -2.50. The Morgan fingerprint density at radius 1 is 1.12 bits per heavy atom. The molecule has 1 aliphatic rings. The first-order chi connectivity index (χ1) is 12.1. The largest absolute Gasteiger partial charge is 0.337 e. The Bertz CT molecular complexity index is 644. The fourth-order valence-electron chi connectivity index (χ4n) is 2.82. The molecule has 134 valence electrons.